The van der Waals surface area contributed by atoms with E-state index in [0.717, 1.165) is 29.6 Å². The van der Waals surface area contributed by atoms with E-state index in [0.29, 0.717) is 11.5 Å². The molecule has 0 unspecified atom stereocenters. The number of likely N-dealkylation sites (tertiary alicyclic amines) is 1. The molecule has 158 valence electrons. The number of halogens is 2. The number of hydrogen-bond donors (Lipinski definition) is 1. The standard InChI is InChI=1S/C21H18FIN6O2/c1-31-12-5-6-14-15(11-12)27-20(26-14)17-7-8-18(23)28(17)21(30)19-13(22)3-2-4-16(19)29-24-9-10-25-29/h2-6,9-11,17-18H,7-8H2,1H3,(H,26,27)/t17-,18-/m0/s1. The van der Waals surface area contributed by atoms with E-state index in [4.69, 9.17) is 9.72 Å². The van der Waals surface area contributed by atoms with Gasteiger partial charge in [0.15, 0.2) is 0 Å². The van der Waals surface area contributed by atoms with E-state index < -0.39 is 11.7 Å². The Bertz CT molecular complexity index is 1260. The molecule has 0 spiro atoms. The number of benzene rings is 2. The lowest BCUT2D eigenvalue weighted by Gasteiger charge is -2.27. The lowest BCUT2D eigenvalue weighted by Crippen LogP contribution is -2.36. The van der Waals surface area contributed by atoms with Crippen LogP contribution in [0.3, 0.4) is 0 Å². The second-order valence-corrected chi connectivity index (χ2v) is 8.64. The van der Waals surface area contributed by atoms with Crippen molar-refractivity contribution in [2.45, 2.75) is 22.9 Å². The van der Waals surface area contributed by atoms with Gasteiger partial charge in [-0.1, -0.05) is 28.7 Å². The molecule has 2 atom stereocenters. The molecule has 0 radical (unpaired) electrons. The first-order valence-electron chi connectivity index (χ1n) is 9.72. The monoisotopic (exact) mass is 532 g/mol. The van der Waals surface area contributed by atoms with E-state index in [2.05, 4.69) is 37.8 Å². The van der Waals surface area contributed by atoms with Crippen molar-refractivity contribution in [1.82, 2.24) is 29.9 Å². The molecule has 8 nitrogen and oxygen atoms in total. The Morgan fingerprint density at radius 1 is 1.23 bits per heavy atom. The number of hydrogen-bond acceptors (Lipinski definition) is 5. The predicted octanol–water partition coefficient (Wildman–Crippen LogP) is 4.03. The summed E-state index contributed by atoms with van der Waals surface area (Å²) in [7, 11) is 1.61. The van der Waals surface area contributed by atoms with E-state index in [1.54, 1.807) is 24.1 Å². The van der Waals surface area contributed by atoms with Gasteiger partial charge in [0.05, 0.1) is 40.6 Å². The zero-order valence-corrected chi connectivity index (χ0v) is 18.7. The van der Waals surface area contributed by atoms with Gasteiger partial charge < -0.3 is 14.6 Å². The number of alkyl halides is 1. The summed E-state index contributed by atoms with van der Waals surface area (Å²) in [6.07, 6.45) is 4.48. The van der Waals surface area contributed by atoms with Crippen LogP contribution in [0.5, 0.6) is 5.75 Å². The summed E-state index contributed by atoms with van der Waals surface area (Å²) in [6.45, 7) is 0. The molecular formula is C21H18FIN6O2. The topological polar surface area (TPSA) is 88.9 Å². The fourth-order valence-electron chi connectivity index (χ4n) is 3.96. The van der Waals surface area contributed by atoms with Gasteiger partial charge in [-0.15, -0.1) is 0 Å². The van der Waals surface area contributed by atoms with Crippen LogP contribution in [-0.2, 0) is 0 Å². The lowest BCUT2D eigenvalue weighted by molar-refractivity contribution is 0.0716. The van der Waals surface area contributed by atoms with Crippen molar-refractivity contribution < 1.29 is 13.9 Å². The minimum atomic E-state index is -0.608. The molecule has 10 heteroatoms. The molecule has 1 fully saturated rings. The normalized spacial score (nSPS) is 18.6. The molecular weight excluding hydrogens is 514 g/mol. The van der Waals surface area contributed by atoms with Crippen molar-refractivity contribution in [3.63, 3.8) is 0 Å². The van der Waals surface area contributed by atoms with Crippen LogP contribution in [0.2, 0.25) is 0 Å². The Morgan fingerprint density at radius 2 is 2.03 bits per heavy atom. The summed E-state index contributed by atoms with van der Waals surface area (Å²) in [4.78, 5) is 24.6. The first-order valence-corrected chi connectivity index (χ1v) is 11.0. The maximum Gasteiger partial charge on any atom is 0.260 e. The summed E-state index contributed by atoms with van der Waals surface area (Å²) in [6, 6.07) is 9.74. The molecule has 1 N–H and O–H groups in total. The lowest BCUT2D eigenvalue weighted by atomic mass is 10.1. The molecule has 1 amide bonds. The fourth-order valence-corrected chi connectivity index (χ4v) is 4.96. The highest BCUT2D eigenvalue weighted by Gasteiger charge is 2.40. The zero-order valence-electron chi connectivity index (χ0n) is 16.5. The first kappa shape index (κ1) is 19.9. The van der Waals surface area contributed by atoms with Gasteiger partial charge in [0, 0.05) is 6.07 Å². The highest BCUT2D eigenvalue weighted by Crippen LogP contribution is 2.40. The summed E-state index contributed by atoms with van der Waals surface area (Å²) in [5.74, 6) is 0.371. The molecule has 1 aliphatic rings. The quantitative estimate of drug-likeness (QED) is 0.244. The summed E-state index contributed by atoms with van der Waals surface area (Å²) in [5.41, 5.74) is 1.86. The van der Waals surface area contributed by atoms with E-state index >= 15 is 0 Å². The minimum absolute atomic E-state index is 0.0509. The fraction of sp³-hybridized carbons (Fsp3) is 0.238. The number of ether oxygens (including phenoxy) is 1. The predicted molar refractivity (Wildman–Crippen MR) is 120 cm³/mol. The van der Waals surface area contributed by atoms with Crippen LogP contribution in [-0.4, -0.2) is 46.9 Å². The number of rotatable bonds is 4. The van der Waals surface area contributed by atoms with E-state index in [1.807, 2.05) is 18.2 Å². The largest absolute Gasteiger partial charge is 0.497 e. The third kappa shape index (κ3) is 3.44. The van der Waals surface area contributed by atoms with Crippen molar-refractivity contribution in [1.29, 1.82) is 0 Å². The Labute approximate surface area is 190 Å². The van der Waals surface area contributed by atoms with Crippen LogP contribution in [0, 0.1) is 5.82 Å². The van der Waals surface area contributed by atoms with Crippen LogP contribution in [0.15, 0.2) is 48.8 Å². The van der Waals surface area contributed by atoms with Gasteiger partial charge in [0.2, 0.25) is 0 Å². The van der Waals surface area contributed by atoms with Gasteiger partial charge in [0.25, 0.3) is 5.91 Å². The molecule has 2 aromatic heterocycles. The smallest absolute Gasteiger partial charge is 0.260 e. The van der Waals surface area contributed by atoms with Crippen molar-refractivity contribution in [3.05, 3.63) is 66.0 Å². The second-order valence-electron chi connectivity index (χ2n) is 7.20. The number of H-pyrrole nitrogens is 1. The summed E-state index contributed by atoms with van der Waals surface area (Å²) >= 11 is 2.23. The highest BCUT2D eigenvalue weighted by atomic mass is 127. The molecule has 1 saturated heterocycles. The van der Waals surface area contributed by atoms with Crippen molar-refractivity contribution in [2.75, 3.05) is 7.11 Å². The van der Waals surface area contributed by atoms with Crippen LogP contribution in [0.25, 0.3) is 16.7 Å². The van der Waals surface area contributed by atoms with Crippen molar-refractivity contribution in [2.24, 2.45) is 0 Å². The number of carbonyl (C=O) groups excluding carboxylic acids is 1. The third-order valence-corrected chi connectivity index (χ3v) is 6.64. The molecule has 3 heterocycles. The number of methoxy groups -OCH3 is 1. The van der Waals surface area contributed by atoms with Gasteiger partial charge >= 0.3 is 0 Å². The van der Waals surface area contributed by atoms with Crippen molar-refractivity contribution in [3.8, 4) is 11.4 Å². The molecule has 0 aliphatic carbocycles. The van der Waals surface area contributed by atoms with Crippen LogP contribution in [0.4, 0.5) is 4.39 Å². The van der Waals surface area contributed by atoms with Crippen LogP contribution in [0.1, 0.15) is 35.1 Å². The number of aromatic nitrogens is 5. The Balaban J connectivity index is 1.56. The molecule has 5 rings (SSSR count). The van der Waals surface area contributed by atoms with E-state index in [-0.39, 0.29) is 15.7 Å². The summed E-state index contributed by atoms with van der Waals surface area (Å²) in [5, 5.41) is 8.15. The number of amides is 1. The van der Waals surface area contributed by atoms with Gasteiger partial charge in [-0.2, -0.15) is 15.0 Å². The number of fused-ring (bicyclic) bond motifs is 1. The molecule has 0 saturated carbocycles. The van der Waals surface area contributed by atoms with E-state index in [9.17, 15) is 9.18 Å². The first-order chi connectivity index (χ1) is 15.1. The molecule has 2 aromatic carbocycles. The molecule has 4 aromatic rings. The van der Waals surface area contributed by atoms with Gasteiger partial charge in [-0.25, -0.2) is 9.37 Å². The minimum Gasteiger partial charge on any atom is -0.497 e. The van der Waals surface area contributed by atoms with Gasteiger partial charge in [-0.3, -0.25) is 4.79 Å². The third-order valence-electron chi connectivity index (χ3n) is 5.41. The number of imidazole rings is 1. The van der Waals surface area contributed by atoms with Crippen LogP contribution >= 0.6 is 22.6 Å². The Morgan fingerprint density at radius 3 is 2.81 bits per heavy atom. The SMILES string of the molecule is COc1ccc2nc([C@@H]3CC[C@@H](I)N3C(=O)c3c(F)cccc3-n3nccn3)[nH]c2c1. The van der Waals surface area contributed by atoms with Gasteiger partial charge in [-0.05, 0) is 37.1 Å². The van der Waals surface area contributed by atoms with Gasteiger partial charge in [0.1, 0.15) is 28.6 Å². The summed E-state index contributed by atoms with van der Waals surface area (Å²) < 4.78 is 20.1. The average molecular weight is 532 g/mol. The Kier molecular flexibility index (Phi) is 5.08. The highest BCUT2D eigenvalue weighted by molar-refractivity contribution is 14.1. The number of carbonyl (C=O) groups is 1. The maximum atomic E-state index is 14.9. The molecule has 31 heavy (non-hydrogen) atoms. The van der Waals surface area contributed by atoms with Crippen LogP contribution < -0.4 is 4.74 Å². The molecule has 0 bridgehead atoms. The maximum absolute atomic E-state index is 14.9. The number of nitrogens with one attached hydrogen (secondary N) is 1. The number of nitrogens with zero attached hydrogens (tertiary/aromatic N) is 5. The van der Waals surface area contributed by atoms with Crippen molar-refractivity contribution >= 4 is 39.5 Å². The van der Waals surface area contributed by atoms with E-state index in [1.165, 1.54) is 23.3 Å². The average Bonchev–Trinajstić information content (AvgIpc) is 3.51. The molecule has 1 aliphatic heterocycles. The Hall–Kier alpha value is -3.02. The second kappa shape index (κ2) is 7.91. The zero-order chi connectivity index (χ0) is 21.5. The number of aromatic amines is 1.